The molecule has 2 aromatic rings. The van der Waals surface area contributed by atoms with E-state index in [1.165, 1.54) is 7.05 Å². The van der Waals surface area contributed by atoms with Gasteiger partial charge in [-0.25, -0.2) is 9.59 Å². The minimum absolute atomic E-state index is 0.0450. The van der Waals surface area contributed by atoms with Crippen molar-refractivity contribution in [3.8, 4) is 11.1 Å². The monoisotopic (exact) mass is 519 g/mol. The number of amides is 1. The number of rotatable bonds is 7. The van der Waals surface area contributed by atoms with Crippen LogP contribution in [0.5, 0.6) is 0 Å². The Kier molecular flexibility index (Phi) is 8.61. The maximum Gasteiger partial charge on any atom is 0.516 e. The number of hydrogen-bond donors (Lipinski definition) is 1. The lowest BCUT2D eigenvalue weighted by Crippen LogP contribution is -2.32. The van der Waals surface area contributed by atoms with Crippen molar-refractivity contribution in [1.82, 2.24) is 5.32 Å². The quantitative estimate of drug-likeness (QED) is 0.284. The van der Waals surface area contributed by atoms with Crippen LogP contribution in [0.15, 0.2) is 60.7 Å². The van der Waals surface area contributed by atoms with Crippen LogP contribution in [0.1, 0.15) is 62.5 Å². The van der Waals surface area contributed by atoms with Crippen LogP contribution in [-0.2, 0) is 23.8 Å². The van der Waals surface area contributed by atoms with Crippen molar-refractivity contribution in [1.29, 1.82) is 0 Å². The van der Waals surface area contributed by atoms with Crippen LogP contribution >= 0.6 is 0 Å². The summed E-state index contributed by atoms with van der Waals surface area (Å²) in [5, 5.41) is 2.42. The molecule has 2 aliphatic carbocycles. The van der Waals surface area contributed by atoms with E-state index in [4.69, 9.17) is 14.2 Å². The number of ketones is 1. The highest BCUT2D eigenvalue weighted by molar-refractivity contribution is 5.89. The fraction of sp³-hybridized carbons (Fsp3) is 0.400. The molecule has 0 unspecified atom stereocenters. The summed E-state index contributed by atoms with van der Waals surface area (Å²) in [5.41, 5.74) is 3.65. The maximum absolute atomic E-state index is 13.0. The molecule has 0 spiro atoms. The zero-order chi connectivity index (χ0) is 27.1. The molecule has 2 aromatic carbocycles. The number of carbonyl (C=O) groups is 4. The van der Waals surface area contributed by atoms with Gasteiger partial charge in [-0.1, -0.05) is 61.5 Å². The summed E-state index contributed by atoms with van der Waals surface area (Å²) in [6.07, 6.45) is 3.76. The van der Waals surface area contributed by atoms with Crippen molar-refractivity contribution < 1.29 is 33.4 Å². The average molecular weight is 520 g/mol. The van der Waals surface area contributed by atoms with Gasteiger partial charge in [-0.2, -0.15) is 0 Å². The van der Waals surface area contributed by atoms with Gasteiger partial charge in [-0.15, -0.1) is 0 Å². The van der Waals surface area contributed by atoms with Gasteiger partial charge >= 0.3 is 18.2 Å². The molecule has 200 valence electrons. The molecule has 8 nitrogen and oxygen atoms in total. The summed E-state index contributed by atoms with van der Waals surface area (Å²) in [4.78, 5) is 49.2. The Morgan fingerprint density at radius 1 is 0.947 bits per heavy atom. The van der Waals surface area contributed by atoms with Crippen LogP contribution in [0.25, 0.3) is 11.1 Å². The number of nitrogens with one attached hydrogen (secondary N) is 1. The molecule has 0 aromatic heterocycles. The van der Waals surface area contributed by atoms with E-state index in [0.29, 0.717) is 25.7 Å². The predicted octanol–water partition coefficient (Wildman–Crippen LogP) is 5.69. The summed E-state index contributed by atoms with van der Waals surface area (Å²) >= 11 is 0. The number of allylic oxidation sites excluding steroid dienone is 1. The van der Waals surface area contributed by atoms with Crippen molar-refractivity contribution in [2.75, 3.05) is 13.7 Å². The molecule has 0 fully saturated rings. The molecule has 1 N–H and O–H groups in total. The Labute approximate surface area is 222 Å². The van der Waals surface area contributed by atoms with E-state index in [-0.39, 0.29) is 31.1 Å². The van der Waals surface area contributed by atoms with E-state index < -0.39 is 29.7 Å². The highest BCUT2D eigenvalue weighted by atomic mass is 16.7. The van der Waals surface area contributed by atoms with Crippen LogP contribution in [0.2, 0.25) is 0 Å². The van der Waals surface area contributed by atoms with Crippen molar-refractivity contribution >= 4 is 24.0 Å². The second-order valence-corrected chi connectivity index (χ2v) is 9.95. The number of benzene rings is 2. The van der Waals surface area contributed by atoms with Crippen molar-refractivity contribution in [2.45, 2.75) is 57.5 Å². The number of hydrogen-bond acceptors (Lipinski definition) is 7. The average Bonchev–Trinajstić information content (AvgIpc) is 3.23. The maximum atomic E-state index is 13.0. The van der Waals surface area contributed by atoms with E-state index in [1.54, 1.807) is 0 Å². The third kappa shape index (κ3) is 6.30. The summed E-state index contributed by atoms with van der Waals surface area (Å²) < 4.78 is 15.5. The second kappa shape index (κ2) is 12.1. The first-order chi connectivity index (χ1) is 18.3. The third-order valence-corrected chi connectivity index (χ3v) is 7.41. The topological polar surface area (TPSA) is 108 Å². The SMILES string of the molecule is CNC(=O)O[C@H]1/C=C/CC[C@@](C)(C(=O)CCC(=O)OC(=O)OCC2c3ccccc3-c3ccccc32)CC1. The molecule has 8 heteroatoms. The lowest BCUT2D eigenvalue weighted by molar-refractivity contribution is -0.142. The standard InChI is InChI=1S/C30H33NO7/c1-30(17-8-7-9-20(16-18-30)37-28(34)31-2)26(32)14-15-27(33)38-29(35)36-19-25-23-12-5-3-10-21(23)22-11-4-6-13-24(22)25/h3-7,9-13,20,25H,8,14-19H2,1-2H3,(H,31,34)/b9-7+/t20-,30+/m0/s1. The molecule has 2 atom stereocenters. The van der Waals surface area contributed by atoms with Crippen molar-refractivity contribution in [2.24, 2.45) is 5.41 Å². The Bertz CT molecular complexity index is 1190. The number of Topliss-reactive ketones (excluding diaryl/α,β-unsaturated/α-hetero) is 1. The minimum atomic E-state index is -1.07. The normalized spacial score (nSPS) is 21.2. The van der Waals surface area contributed by atoms with Crippen LogP contribution < -0.4 is 5.32 Å². The highest BCUT2D eigenvalue weighted by Gasteiger charge is 2.34. The third-order valence-electron chi connectivity index (χ3n) is 7.41. The first-order valence-corrected chi connectivity index (χ1v) is 12.9. The number of carbonyl (C=O) groups excluding carboxylic acids is 4. The van der Waals surface area contributed by atoms with Crippen LogP contribution in [0.4, 0.5) is 9.59 Å². The van der Waals surface area contributed by atoms with Gasteiger partial charge in [0.05, 0.1) is 6.42 Å². The molecular weight excluding hydrogens is 486 g/mol. The number of esters is 1. The van der Waals surface area contributed by atoms with Gasteiger partial charge in [-0.3, -0.25) is 9.59 Å². The van der Waals surface area contributed by atoms with E-state index >= 15 is 0 Å². The molecule has 0 saturated carbocycles. The van der Waals surface area contributed by atoms with Gasteiger partial charge in [-0.05, 0) is 54.0 Å². The summed E-state index contributed by atoms with van der Waals surface area (Å²) in [6, 6.07) is 15.9. The van der Waals surface area contributed by atoms with Gasteiger partial charge in [0.1, 0.15) is 18.5 Å². The molecule has 0 radical (unpaired) electrons. The molecule has 2 aliphatic rings. The molecule has 0 saturated heterocycles. The molecule has 0 heterocycles. The van der Waals surface area contributed by atoms with E-state index in [0.717, 1.165) is 22.3 Å². The van der Waals surface area contributed by atoms with Crippen molar-refractivity contribution in [3.05, 3.63) is 71.8 Å². The van der Waals surface area contributed by atoms with Gasteiger partial charge in [0.25, 0.3) is 0 Å². The minimum Gasteiger partial charge on any atom is -0.442 e. The number of fused-ring (bicyclic) bond motifs is 3. The van der Waals surface area contributed by atoms with E-state index in [2.05, 4.69) is 5.32 Å². The van der Waals surface area contributed by atoms with Gasteiger partial charge in [0.2, 0.25) is 0 Å². The van der Waals surface area contributed by atoms with Crippen molar-refractivity contribution in [3.63, 3.8) is 0 Å². The Hall–Kier alpha value is -3.94. The number of alkyl carbamates (subject to hydrolysis) is 1. The second-order valence-electron chi connectivity index (χ2n) is 9.95. The number of ether oxygens (including phenoxy) is 3. The first kappa shape index (κ1) is 27.1. The van der Waals surface area contributed by atoms with Crippen LogP contribution in [0.3, 0.4) is 0 Å². The lowest BCUT2D eigenvalue weighted by atomic mass is 9.74. The Morgan fingerprint density at radius 2 is 1.61 bits per heavy atom. The van der Waals surface area contributed by atoms with E-state index in [9.17, 15) is 19.2 Å². The molecule has 0 bridgehead atoms. The first-order valence-electron chi connectivity index (χ1n) is 12.9. The largest absolute Gasteiger partial charge is 0.516 e. The van der Waals surface area contributed by atoms with Crippen LogP contribution in [0, 0.1) is 5.41 Å². The molecular formula is C30H33NO7. The highest BCUT2D eigenvalue weighted by Crippen LogP contribution is 2.44. The zero-order valence-corrected chi connectivity index (χ0v) is 21.7. The predicted molar refractivity (Wildman–Crippen MR) is 140 cm³/mol. The fourth-order valence-electron chi connectivity index (χ4n) is 5.19. The zero-order valence-electron chi connectivity index (χ0n) is 21.7. The Morgan fingerprint density at radius 3 is 2.26 bits per heavy atom. The fourth-order valence-corrected chi connectivity index (χ4v) is 5.19. The smallest absolute Gasteiger partial charge is 0.442 e. The van der Waals surface area contributed by atoms with Gasteiger partial charge in [0.15, 0.2) is 0 Å². The summed E-state index contributed by atoms with van der Waals surface area (Å²) in [5.74, 6) is -1.03. The Balaban J connectivity index is 1.25. The van der Waals surface area contributed by atoms with Gasteiger partial charge in [0, 0.05) is 24.8 Å². The van der Waals surface area contributed by atoms with Gasteiger partial charge < -0.3 is 19.5 Å². The van der Waals surface area contributed by atoms with Crippen LogP contribution in [-0.4, -0.2) is 43.8 Å². The molecule has 4 rings (SSSR count). The van der Waals surface area contributed by atoms with E-state index in [1.807, 2.05) is 67.6 Å². The summed E-state index contributed by atoms with van der Waals surface area (Å²) in [6.45, 7) is 1.91. The summed E-state index contributed by atoms with van der Waals surface area (Å²) in [7, 11) is 1.49. The molecule has 0 aliphatic heterocycles. The molecule has 1 amide bonds. The lowest BCUT2D eigenvalue weighted by Gasteiger charge is -2.30. The molecule has 38 heavy (non-hydrogen) atoms.